The van der Waals surface area contributed by atoms with E-state index in [0.29, 0.717) is 5.39 Å². The molecule has 0 amide bonds. The fourth-order valence-corrected chi connectivity index (χ4v) is 3.36. The molecule has 4 nitrogen and oxygen atoms in total. The van der Waals surface area contributed by atoms with Crippen molar-refractivity contribution < 1.29 is 39.3 Å². The number of rotatable bonds is 2. The van der Waals surface area contributed by atoms with Crippen molar-refractivity contribution in [2.45, 2.75) is 0 Å². The molecule has 4 aromatic rings. The maximum atomic E-state index is 11.0. The third-order valence-electron chi connectivity index (χ3n) is 3.90. The van der Waals surface area contributed by atoms with Crippen LogP contribution < -0.4 is 14.3 Å². The van der Waals surface area contributed by atoms with Gasteiger partial charge in [0.25, 0.3) is 0 Å². The molecule has 0 radical (unpaired) electrons. The Hall–Kier alpha value is -1.73. The first-order valence-electron chi connectivity index (χ1n) is 7.07. The van der Waals surface area contributed by atoms with Crippen LogP contribution in [0.1, 0.15) is 0 Å². The first-order chi connectivity index (χ1) is 11.0. The Kier molecular flexibility index (Phi) is 4.49. The Morgan fingerprint density at radius 3 is 2.08 bits per heavy atom. The molecular formula is C18H11O4PPd. The number of hydrogen-bond acceptors (Lipinski definition) is 4. The van der Waals surface area contributed by atoms with Crippen molar-refractivity contribution in [3.63, 3.8) is 0 Å². The summed E-state index contributed by atoms with van der Waals surface area (Å²) in [5.41, 5.74) is 0. The molecule has 0 saturated carbocycles. The normalized spacial score (nSPS) is 11.6. The van der Waals surface area contributed by atoms with Gasteiger partial charge in [0.15, 0.2) is 0 Å². The molecule has 0 bridgehead atoms. The molecule has 4 aromatic carbocycles. The molecule has 0 aliphatic rings. The largest absolute Gasteiger partial charge is 2.00 e. The molecule has 0 aromatic heterocycles. The number of phosphoric acid groups is 1. The molecule has 0 heterocycles. The minimum atomic E-state index is -5.12. The van der Waals surface area contributed by atoms with E-state index in [9.17, 15) is 14.4 Å². The van der Waals surface area contributed by atoms with Crippen molar-refractivity contribution in [3.05, 3.63) is 66.7 Å². The smallest absolute Gasteiger partial charge is 0.780 e. The van der Waals surface area contributed by atoms with E-state index in [1.54, 1.807) is 6.07 Å². The molecule has 4 rings (SSSR count). The van der Waals surface area contributed by atoms with Crippen molar-refractivity contribution in [2.24, 2.45) is 0 Å². The van der Waals surface area contributed by atoms with Crippen molar-refractivity contribution in [1.82, 2.24) is 0 Å². The van der Waals surface area contributed by atoms with Gasteiger partial charge in [0.2, 0.25) is 0 Å². The average molecular weight is 429 g/mol. The number of fused-ring (bicyclic) bond motifs is 4. The zero-order valence-electron chi connectivity index (χ0n) is 12.2. The number of benzene rings is 4. The second-order valence-corrected chi connectivity index (χ2v) is 6.46. The van der Waals surface area contributed by atoms with Gasteiger partial charge in [-0.3, -0.25) is 0 Å². The van der Waals surface area contributed by atoms with E-state index in [4.69, 9.17) is 0 Å². The Labute approximate surface area is 152 Å². The zero-order valence-corrected chi connectivity index (χ0v) is 14.7. The summed E-state index contributed by atoms with van der Waals surface area (Å²) in [4.78, 5) is 22.1. The van der Waals surface area contributed by atoms with Crippen LogP contribution in [0.3, 0.4) is 0 Å². The number of phosphoric ester groups is 1. The zero-order chi connectivity index (χ0) is 16.0. The van der Waals surface area contributed by atoms with Gasteiger partial charge in [-0.15, -0.1) is 0 Å². The van der Waals surface area contributed by atoms with Crippen molar-refractivity contribution >= 4 is 40.1 Å². The van der Waals surface area contributed by atoms with Gasteiger partial charge in [-0.05, 0) is 45.1 Å². The second kappa shape index (κ2) is 6.29. The van der Waals surface area contributed by atoms with E-state index >= 15 is 0 Å². The van der Waals surface area contributed by atoms with Crippen LogP contribution in [0.25, 0.3) is 32.3 Å². The van der Waals surface area contributed by atoms with E-state index in [0.717, 1.165) is 26.9 Å². The van der Waals surface area contributed by atoms with Gasteiger partial charge in [0, 0.05) is 5.39 Å². The van der Waals surface area contributed by atoms with Gasteiger partial charge < -0.3 is 18.9 Å². The van der Waals surface area contributed by atoms with Gasteiger partial charge in [-0.25, -0.2) is 0 Å². The van der Waals surface area contributed by atoms with Crippen LogP contribution in [-0.2, 0) is 25.0 Å². The van der Waals surface area contributed by atoms with E-state index < -0.39 is 7.82 Å². The van der Waals surface area contributed by atoms with Crippen molar-refractivity contribution in [2.75, 3.05) is 0 Å². The topological polar surface area (TPSA) is 72.4 Å². The molecule has 0 N–H and O–H groups in total. The summed E-state index contributed by atoms with van der Waals surface area (Å²) >= 11 is 0. The summed E-state index contributed by atoms with van der Waals surface area (Å²) in [5, 5.41) is 5.39. The Morgan fingerprint density at radius 1 is 0.750 bits per heavy atom. The van der Waals surface area contributed by atoms with Crippen molar-refractivity contribution in [1.29, 1.82) is 0 Å². The van der Waals surface area contributed by atoms with Crippen LogP contribution in [0.5, 0.6) is 5.75 Å². The van der Waals surface area contributed by atoms with Crippen LogP contribution >= 0.6 is 7.82 Å². The predicted molar refractivity (Wildman–Crippen MR) is 87.2 cm³/mol. The molecule has 24 heavy (non-hydrogen) atoms. The predicted octanol–water partition coefficient (Wildman–Crippen LogP) is 3.35. The summed E-state index contributed by atoms with van der Waals surface area (Å²) in [6, 6.07) is 20.8. The van der Waals surface area contributed by atoms with Gasteiger partial charge >= 0.3 is 20.4 Å². The fourth-order valence-electron chi connectivity index (χ4n) is 2.96. The molecule has 0 aliphatic carbocycles. The van der Waals surface area contributed by atoms with E-state index in [-0.39, 0.29) is 26.2 Å². The van der Waals surface area contributed by atoms with Crippen LogP contribution in [0.4, 0.5) is 0 Å². The maximum Gasteiger partial charge on any atom is 2.00 e. The summed E-state index contributed by atoms with van der Waals surface area (Å²) in [7, 11) is -5.12. The summed E-state index contributed by atoms with van der Waals surface area (Å²) in [6.07, 6.45) is 0. The SMILES string of the molecule is O=P([O-])([O-])Oc1cccc2ccc3cc4ccccc4cc3c12.[Pd+2]. The average Bonchev–Trinajstić information content (AvgIpc) is 2.51. The van der Waals surface area contributed by atoms with Crippen LogP contribution in [-0.4, -0.2) is 0 Å². The summed E-state index contributed by atoms with van der Waals surface area (Å²) < 4.78 is 15.7. The molecule has 0 spiro atoms. The van der Waals surface area contributed by atoms with E-state index in [2.05, 4.69) is 4.52 Å². The summed E-state index contributed by atoms with van der Waals surface area (Å²) in [5.74, 6) is 0.0664. The third kappa shape index (κ3) is 3.10. The Morgan fingerprint density at radius 2 is 1.38 bits per heavy atom. The standard InChI is InChI=1S/C18H13O4P.Pd/c19-23(20,21)22-17-7-3-6-12-8-9-15-10-13-4-1-2-5-14(13)11-16(15)18(12)17;/h1-11H,(H2,19,20,21);/q;+2/p-2. The first kappa shape index (κ1) is 17.1. The van der Waals surface area contributed by atoms with Crippen LogP contribution in [0, 0.1) is 0 Å². The Balaban J connectivity index is 0.00000169. The summed E-state index contributed by atoms with van der Waals surface area (Å²) in [6.45, 7) is 0. The fraction of sp³-hybridized carbons (Fsp3) is 0. The van der Waals surface area contributed by atoms with Gasteiger partial charge in [-0.2, -0.15) is 0 Å². The quantitative estimate of drug-likeness (QED) is 0.212. The maximum absolute atomic E-state index is 11.0. The molecule has 0 unspecified atom stereocenters. The van der Waals surface area contributed by atoms with Gasteiger partial charge in [0.05, 0.1) is 0 Å². The molecule has 0 atom stereocenters. The molecule has 122 valence electrons. The second-order valence-electron chi connectivity index (χ2n) is 5.38. The van der Waals surface area contributed by atoms with Gasteiger partial charge in [-0.1, -0.05) is 48.5 Å². The van der Waals surface area contributed by atoms with Crippen LogP contribution in [0.2, 0.25) is 0 Å². The monoisotopic (exact) mass is 428 g/mol. The van der Waals surface area contributed by atoms with E-state index in [1.807, 2.05) is 54.6 Å². The minimum absolute atomic E-state index is 0. The molecule has 0 fully saturated rings. The van der Waals surface area contributed by atoms with E-state index in [1.165, 1.54) is 6.07 Å². The molecule has 6 heteroatoms. The Bertz CT molecular complexity index is 1100. The number of hydrogen-bond donors (Lipinski definition) is 0. The molecular weight excluding hydrogens is 418 g/mol. The first-order valence-corrected chi connectivity index (χ1v) is 8.53. The van der Waals surface area contributed by atoms with Crippen LogP contribution in [0.15, 0.2) is 66.7 Å². The van der Waals surface area contributed by atoms with Crippen molar-refractivity contribution in [3.8, 4) is 5.75 Å². The minimum Gasteiger partial charge on any atom is -0.780 e. The molecule has 0 saturated heterocycles. The molecule has 0 aliphatic heterocycles. The third-order valence-corrected chi connectivity index (χ3v) is 4.32. The van der Waals surface area contributed by atoms with Gasteiger partial charge in [0.1, 0.15) is 13.6 Å².